The second-order valence-corrected chi connectivity index (χ2v) is 4.65. The van der Waals surface area contributed by atoms with E-state index in [1.165, 1.54) is 5.56 Å². The zero-order valence-corrected chi connectivity index (χ0v) is 10.5. The number of halogens is 1. The van der Waals surface area contributed by atoms with E-state index >= 15 is 0 Å². The monoisotopic (exact) mass is 240 g/mol. The van der Waals surface area contributed by atoms with Crippen LogP contribution in [-0.2, 0) is 11.3 Å². The van der Waals surface area contributed by atoms with Crippen LogP contribution in [0.15, 0.2) is 12.1 Å². The van der Waals surface area contributed by atoms with Gasteiger partial charge in [-0.1, -0.05) is 17.7 Å². The van der Waals surface area contributed by atoms with Crippen molar-refractivity contribution in [2.45, 2.75) is 26.0 Å². The number of aryl methyl sites for hydroxylation is 1. The number of rotatable bonds is 3. The first-order valence-corrected chi connectivity index (χ1v) is 5.94. The van der Waals surface area contributed by atoms with Crippen molar-refractivity contribution >= 4 is 11.6 Å². The molecule has 1 aliphatic rings. The maximum absolute atomic E-state index is 5.83. The Labute approximate surface area is 101 Å². The second-order valence-electron chi connectivity index (χ2n) is 4.26. The fourth-order valence-electron chi connectivity index (χ4n) is 2.10. The summed E-state index contributed by atoms with van der Waals surface area (Å²) in [6.45, 7) is 5.06. The Morgan fingerprint density at radius 2 is 2.38 bits per heavy atom. The predicted molar refractivity (Wildman–Crippen MR) is 64.7 cm³/mol. The highest BCUT2D eigenvalue weighted by atomic mass is 35.5. The third-order valence-corrected chi connectivity index (χ3v) is 3.33. The Bertz CT molecular complexity index is 370. The number of likely N-dealkylation sites (tertiary alicyclic amines) is 1. The third kappa shape index (κ3) is 2.73. The van der Waals surface area contributed by atoms with Crippen molar-refractivity contribution in [3.05, 3.63) is 28.5 Å². The molecule has 1 aromatic heterocycles. The summed E-state index contributed by atoms with van der Waals surface area (Å²) in [5, 5.41) is 0.567. The van der Waals surface area contributed by atoms with Crippen LogP contribution in [-0.4, -0.2) is 36.2 Å². The number of aromatic nitrogens is 1. The quantitative estimate of drug-likeness (QED) is 0.758. The van der Waals surface area contributed by atoms with Crippen molar-refractivity contribution in [3.63, 3.8) is 0 Å². The van der Waals surface area contributed by atoms with Crippen molar-refractivity contribution in [1.29, 1.82) is 0 Å². The molecule has 1 aliphatic heterocycles. The van der Waals surface area contributed by atoms with E-state index in [1.54, 1.807) is 7.11 Å². The Morgan fingerprint density at radius 3 is 3.00 bits per heavy atom. The fourth-order valence-corrected chi connectivity index (χ4v) is 2.29. The zero-order valence-electron chi connectivity index (χ0n) is 9.74. The first-order chi connectivity index (χ1) is 7.69. The Balaban J connectivity index is 1.99. The van der Waals surface area contributed by atoms with Crippen LogP contribution in [0.1, 0.15) is 17.7 Å². The fraction of sp³-hybridized carbons (Fsp3) is 0.583. The van der Waals surface area contributed by atoms with Gasteiger partial charge >= 0.3 is 0 Å². The lowest BCUT2D eigenvalue weighted by Gasteiger charge is -2.16. The Morgan fingerprint density at radius 1 is 1.56 bits per heavy atom. The van der Waals surface area contributed by atoms with E-state index in [9.17, 15) is 0 Å². The van der Waals surface area contributed by atoms with E-state index in [4.69, 9.17) is 16.3 Å². The number of hydrogen-bond donors (Lipinski definition) is 0. The minimum Gasteiger partial charge on any atom is -0.380 e. The average molecular weight is 241 g/mol. The lowest BCUT2D eigenvalue weighted by Crippen LogP contribution is -2.22. The van der Waals surface area contributed by atoms with Crippen LogP contribution in [0, 0.1) is 6.92 Å². The maximum atomic E-state index is 5.83. The SMILES string of the molecule is CO[C@H]1CCN(Cc2ccc(Cl)nc2C)C1. The van der Waals surface area contributed by atoms with Crippen molar-refractivity contribution in [2.75, 3.05) is 20.2 Å². The molecule has 1 aromatic rings. The van der Waals surface area contributed by atoms with E-state index in [0.717, 1.165) is 31.7 Å². The summed E-state index contributed by atoms with van der Waals surface area (Å²) in [4.78, 5) is 6.66. The van der Waals surface area contributed by atoms with Gasteiger partial charge in [0, 0.05) is 32.4 Å². The molecular weight excluding hydrogens is 224 g/mol. The van der Waals surface area contributed by atoms with Gasteiger partial charge in [-0.25, -0.2) is 4.98 Å². The van der Waals surface area contributed by atoms with Gasteiger partial charge < -0.3 is 4.74 Å². The average Bonchev–Trinajstić information content (AvgIpc) is 2.70. The van der Waals surface area contributed by atoms with Gasteiger partial charge in [0.15, 0.2) is 0 Å². The summed E-state index contributed by atoms with van der Waals surface area (Å²) in [6, 6.07) is 3.92. The van der Waals surface area contributed by atoms with Crippen molar-refractivity contribution in [1.82, 2.24) is 9.88 Å². The Kier molecular flexibility index (Phi) is 3.79. The van der Waals surface area contributed by atoms with Crippen molar-refractivity contribution in [3.8, 4) is 0 Å². The predicted octanol–water partition coefficient (Wildman–Crippen LogP) is 2.26. The van der Waals surface area contributed by atoms with Crippen LogP contribution in [0.4, 0.5) is 0 Å². The van der Waals surface area contributed by atoms with E-state index in [-0.39, 0.29) is 0 Å². The van der Waals surface area contributed by atoms with Gasteiger partial charge in [0.25, 0.3) is 0 Å². The second kappa shape index (κ2) is 5.13. The molecule has 2 heterocycles. The van der Waals surface area contributed by atoms with Gasteiger partial charge in [-0.05, 0) is 25.0 Å². The van der Waals surface area contributed by atoms with Gasteiger partial charge in [0.05, 0.1) is 6.10 Å². The highest BCUT2D eigenvalue weighted by Gasteiger charge is 2.22. The molecule has 0 aliphatic carbocycles. The van der Waals surface area contributed by atoms with Crippen molar-refractivity contribution < 1.29 is 4.74 Å². The molecule has 1 fully saturated rings. The third-order valence-electron chi connectivity index (χ3n) is 3.12. The topological polar surface area (TPSA) is 25.4 Å². The molecule has 1 atom stereocenters. The first-order valence-electron chi connectivity index (χ1n) is 5.56. The molecular formula is C12H17ClN2O. The van der Waals surface area contributed by atoms with Gasteiger partial charge in [-0.3, -0.25) is 4.90 Å². The maximum Gasteiger partial charge on any atom is 0.129 e. The van der Waals surface area contributed by atoms with E-state index in [1.807, 2.05) is 13.0 Å². The summed E-state index contributed by atoms with van der Waals surface area (Å²) >= 11 is 5.83. The van der Waals surface area contributed by atoms with Gasteiger partial charge in [-0.15, -0.1) is 0 Å². The van der Waals surface area contributed by atoms with Crippen LogP contribution in [0.2, 0.25) is 5.15 Å². The molecule has 4 heteroatoms. The summed E-state index contributed by atoms with van der Waals surface area (Å²) in [7, 11) is 1.78. The molecule has 0 aromatic carbocycles. The van der Waals surface area contributed by atoms with E-state index < -0.39 is 0 Å². The largest absolute Gasteiger partial charge is 0.380 e. The number of hydrogen-bond acceptors (Lipinski definition) is 3. The molecule has 0 amide bonds. The smallest absolute Gasteiger partial charge is 0.129 e. The standard InChI is InChI=1S/C12H17ClN2O/c1-9-10(3-4-12(13)14-9)7-15-6-5-11(8-15)16-2/h3-4,11H,5-8H2,1-2H3/t11-/m0/s1. The molecule has 2 rings (SSSR count). The lowest BCUT2D eigenvalue weighted by atomic mass is 10.2. The number of ether oxygens (including phenoxy) is 1. The highest BCUT2D eigenvalue weighted by Crippen LogP contribution is 2.17. The summed E-state index contributed by atoms with van der Waals surface area (Å²) < 4.78 is 5.35. The van der Waals surface area contributed by atoms with Crippen LogP contribution in [0.25, 0.3) is 0 Å². The minimum atomic E-state index is 0.389. The molecule has 0 saturated carbocycles. The van der Waals surface area contributed by atoms with Crippen molar-refractivity contribution in [2.24, 2.45) is 0 Å². The molecule has 88 valence electrons. The zero-order chi connectivity index (χ0) is 11.5. The number of methoxy groups -OCH3 is 1. The molecule has 0 bridgehead atoms. The van der Waals surface area contributed by atoms with Crippen LogP contribution >= 0.6 is 11.6 Å². The molecule has 0 unspecified atom stereocenters. The normalized spacial score (nSPS) is 21.6. The van der Waals surface area contributed by atoms with Gasteiger partial charge in [-0.2, -0.15) is 0 Å². The molecule has 16 heavy (non-hydrogen) atoms. The molecule has 0 radical (unpaired) electrons. The van der Waals surface area contributed by atoms with E-state index in [2.05, 4.69) is 16.0 Å². The van der Waals surface area contributed by atoms with Gasteiger partial charge in [0.2, 0.25) is 0 Å². The highest BCUT2D eigenvalue weighted by molar-refractivity contribution is 6.29. The molecule has 3 nitrogen and oxygen atoms in total. The summed E-state index contributed by atoms with van der Waals surface area (Å²) in [5.41, 5.74) is 2.27. The molecule has 1 saturated heterocycles. The van der Waals surface area contributed by atoms with Crippen LogP contribution < -0.4 is 0 Å². The van der Waals surface area contributed by atoms with Crippen LogP contribution in [0.5, 0.6) is 0 Å². The molecule has 0 N–H and O–H groups in total. The van der Waals surface area contributed by atoms with Crippen LogP contribution in [0.3, 0.4) is 0 Å². The number of nitrogens with zero attached hydrogens (tertiary/aromatic N) is 2. The summed E-state index contributed by atoms with van der Waals surface area (Å²) in [5.74, 6) is 0. The Hall–Kier alpha value is -0.640. The number of pyridine rings is 1. The summed E-state index contributed by atoms with van der Waals surface area (Å²) in [6.07, 6.45) is 1.51. The van der Waals surface area contributed by atoms with Gasteiger partial charge in [0.1, 0.15) is 5.15 Å². The van der Waals surface area contributed by atoms with E-state index in [0.29, 0.717) is 11.3 Å². The minimum absolute atomic E-state index is 0.389. The molecule has 0 spiro atoms. The first kappa shape index (κ1) is 11.8. The lowest BCUT2D eigenvalue weighted by molar-refractivity contribution is 0.107.